The van der Waals surface area contributed by atoms with Crippen LogP contribution in [0.3, 0.4) is 0 Å². The van der Waals surface area contributed by atoms with Crippen molar-refractivity contribution in [3.05, 3.63) is 47.5 Å². The standard InChI is InChI=1S/C11H12FN3/c1-8-11(13)7-15(14-8)6-9-3-2-4-10(12)5-9/h2-5,7H,6,13H2,1H3. The molecule has 15 heavy (non-hydrogen) atoms. The molecule has 2 N–H and O–H groups in total. The molecule has 0 aliphatic carbocycles. The Morgan fingerprint density at radius 3 is 2.87 bits per heavy atom. The number of nitrogen functional groups attached to an aromatic ring is 1. The van der Waals surface area contributed by atoms with Crippen LogP contribution in [0.5, 0.6) is 0 Å². The third-order valence-electron chi connectivity index (χ3n) is 2.22. The van der Waals surface area contributed by atoms with E-state index in [0.717, 1.165) is 11.3 Å². The molecule has 4 heteroatoms. The average Bonchev–Trinajstić information content (AvgIpc) is 2.45. The summed E-state index contributed by atoms with van der Waals surface area (Å²) in [6.45, 7) is 2.38. The Hall–Kier alpha value is -1.84. The molecule has 1 aromatic heterocycles. The highest BCUT2D eigenvalue weighted by Crippen LogP contribution is 2.10. The van der Waals surface area contributed by atoms with Crippen molar-refractivity contribution >= 4 is 5.69 Å². The summed E-state index contributed by atoms with van der Waals surface area (Å²) in [5.74, 6) is -0.232. The molecule has 0 unspecified atom stereocenters. The maximum Gasteiger partial charge on any atom is 0.123 e. The van der Waals surface area contributed by atoms with Crippen LogP contribution in [0.25, 0.3) is 0 Å². The van der Waals surface area contributed by atoms with E-state index >= 15 is 0 Å². The smallest absolute Gasteiger partial charge is 0.123 e. The monoisotopic (exact) mass is 205 g/mol. The fraction of sp³-hybridized carbons (Fsp3) is 0.182. The van der Waals surface area contributed by atoms with E-state index in [2.05, 4.69) is 5.10 Å². The van der Waals surface area contributed by atoms with Crippen LogP contribution in [-0.2, 0) is 6.54 Å². The summed E-state index contributed by atoms with van der Waals surface area (Å²) in [6.07, 6.45) is 1.75. The van der Waals surface area contributed by atoms with E-state index < -0.39 is 0 Å². The molecule has 1 heterocycles. The maximum absolute atomic E-state index is 12.9. The lowest BCUT2D eigenvalue weighted by Crippen LogP contribution is -2.00. The molecular weight excluding hydrogens is 193 g/mol. The number of benzene rings is 1. The van der Waals surface area contributed by atoms with Gasteiger partial charge in [-0.3, -0.25) is 4.68 Å². The van der Waals surface area contributed by atoms with Crippen LogP contribution in [0, 0.1) is 12.7 Å². The van der Waals surface area contributed by atoms with Gasteiger partial charge in [-0.15, -0.1) is 0 Å². The summed E-state index contributed by atoms with van der Waals surface area (Å²) in [7, 11) is 0. The molecule has 0 atom stereocenters. The van der Waals surface area contributed by atoms with Crippen LogP contribution in [0.1, 0.15) is 11.3 Å². The molecule has 2 rings (SSSR count). The second-order valence-electron chi connectivity index (χ2n) is 3.50. The van der Waals surface area contributed by atoms with Gasteiger partial charge in [0.2, 0.25) is 0 Å². The molecule has 0 spiro atoms. The summed E-state index contributed by atoms with van der Waals surface area (Å²) in [5, 5.41) is 4.20. The Balaban J connectivity index is 2.22. The van der Waals surface area contributed by atoms with Crippen molar-refractivity contribution in [2.45, 2.75) is 13.5 Å². The van der Waals surface area contributed by atoms with Gasteiger partial charge in [0.25, 0.3) is 0 Å². The normalized spacial score (nSPS) is 10.5. The number of nitrogens with two attached hydrogens (primary N) is 1. The number of hydrogen-bond donors (Lipinski definition) is 1. The summed E-state index contributed by atoms with van der Waals surface area (Å²) in [4.78, 5) is 0. The molecule has 0 aliphatic rings. The highest BCUT2D eigenvalue weighted by molar-refractivity contribution is 5.39. The summed E-state index contributed by atoms with van der Waals surface area (Å²) in [5.41, 5.74) is 8.00. The number of rotatable bonds is 2. The van der Waals surface area contributed by atoms with Gasteiger partial charge in [-0.2, -0.15) is 5.10 Å². The molecule has 2 aromatic rings. The van der Waals surface area contributed by atoms with E-state index in [-0.39, 0.29) is 5.82 Å². The van der Waals surface area contributed by atoms with Crippen LogP contribution in [0.4, 0.5) is 10.1 Å². The first-order valence-corrected chi connectivity index (χ1v) is 4.69. The van der Waals surface area contributed by atoms with Crippen LogP contribution in [0.2, 0.25) is 0 Å². The molecule has 0 aliphatic heterocycles. The Bertz CT molecular complexity index is 457. The Kier molecular flexibility index (Phi) is 2.41. The SMILES string of the molecule is Cc1nn(Cc2cccc(F)c2)cc1N. The lowest BCUT2D eigenvalue weighted by atomic mass is 10.2. The van der Waals surface area contributed by atoms with Crippen LogP contribution in [-0.4, -0.2) is 9.78 Å². The molecule has 0 saturated heterocycles. The second-order valence-corrected chi connectivity index (χ2v) is 3.50. The third kappa shape index (κ3) is 2.15. The molecule has 3 nitrogen and oxygen atoms in total. The van der Waals surface area contributed by atoms with Gasteiger partial charge >= 0.3 is 0 Å². The highest BCUT2D eigenvalue weighted by atomic mass is 19.1. The zero-order chi connectivity index (χ0) is 10.8. The largest absolute Gasteiger partial charge is 0.396 e. The number of hydrogen-bond acceptors (Lipinski definition) is 2. The molecule has 78 valence electrons. The number of nitrogens with zero attached hydrogens (tertiary/aromatic N) is 2. The van der Waals surface area contributed by atoms with Crippen LogP contribution >= 0.6 is 0 Å². The second kappa shape index (κ2) is 3.73. The first-order chi connectivity index (χ1) is 7.15. The van der Waals surface area contributed by atoms with Gasteiger partial charge in [-0.05, 0) is 24.6 Å². The van der Waals surface area contributed by atoms with Crippen molar-refractivity contribution in [1.29, 1.82) is 0 Å². The van der Waals surface area contributed by atoms with Crippen LogP contribution in [0.15, 0.2) is 30.5 Å². The lowest BCUT2D eigenvalue weighted by Gasteiger charge is -2.01. The van der Waals surface area contributed by atoms with Crippen LogP contribution < -0.4 is 5.73 Å². The molecule has 0 saturated carbocycles. The van der Waals surface area contributed by atoms with E-state index in [9.17, 15) is 4.39 Å². The predicted molar refractivity (Wildman–Crippen MR) is 56.9 cm³/mol. The minimum absolute atomic E-state index is 0.232. The highest BCUT2D eigenvalue weighted by Gasteiger charge is 2.01. The molecule has 1 aromatic carbocycles. The van der Waals surface area contributed by atoms with Gasteiger partial charge in [0.15, 0.2) is 0 Å². The quantitative estimate of drug-likeness (QED) is 0.814. The van der Waals surface area contributed by atoms with E-state index in [1.54, 1.807) is 16.9 Å². The Morgan fingerprint density at radius 1 is 1.47 bits per heavy atom. The van der Waals surface area contributed by atoms with E-state index in [1.165, 1.54) is 12.1 Å². The van der Waals surface area contributed by atoms with Crippen molar-refractivity contribution < 1.29 is 4.39 Å². The maximum atomic E-state index is 12.9. The fourth-order valence-electron chi connectivity index (χ4n) is 1.44. The van der Waals surface area contributed by atoms with Crippen molar-refractivity contribution in [2.24, 2.45) is 0 Å². The van der Waals surface area contributed by atoms with Gasteiger partial charge < -0.3 is 5.73 Å². The molecule has 0 amide bonds. The van der Waals surface area contributed by atoms with Gasteiger partial charge in [-0.1, -0.05) is 12.1 Å². The first-order valence-electron chi connectivity index (χ1n) is 4.69. The zero-order valence-corrected chi connectivity index (χ0v) is 8.44. The van der Waals surface area contributed by atoms with Gasteiger partial charge in [0, 0.05) is 6.20 Å². The zero-order valence-electron chi connectivity index (χ0n) is 8.44. The fourth-order valence-corrected chi connectivity index (χ4v) is 1.44. The minimum Gasteiger partial charge on any atom is -0.396 e. The van der Waals surface area contributed by atoms with Gasteiger partial charge in [0.05, 0.1) is 17.9 Å². The van der Waals surface area contributed by atoms with E-state index in [1.807, 2.05) is 13.0 Å². The Labute approximate surface area is 87.3 Å². The van der Waals surface area contributed by atoms with Gasteiger partial charge in [-0.25, -0.2) is 4.39 Å². The number of aryl methyl sites for hydroxylation is 1. The predicted octanol–water partition coefficient (Wildman–Crippen LogP) is 1.96. The van der Waals surface area contributed by atoms with Crippen molar-refractivity contribution in [1.82, 2.24) is 9.78 Å². The van der Waals surface area contributed by atoms with Crippen molar-refractivity contribution in [3.8, 4) is 0 Å². The number of halogens is 1. The third-order valence-corrected chi connectivity index (χ3v) is 2.22. The number of aromatic nitrogens is 2. The van der Waals surface area contributed by atoms with Crippen molar-refractivity contribution in [3.63, 3.8) is 0 Å². The summed E-state index contributed by atoms with van der Waals surface area (Å²) in [6, 6.07) is 6.46. The molecular formula is C11H12FN3. The number of anilines is 1. The summed E-state index contributed by atoms with van der Waals surface area (Å²) >= 11 is 0. The van der Waals surface area contributed by atoms with E-state index in [4.69, 9.17) is 5.73 Å². The Morgan fingerprint density at radius 2 is 2.27 bits per heavy atom. The minimum atomic E-state index is -0.232. The first kappa shape index (κ1) is 9.71. The molecule has 0 fully saturated rings. The summed E-state index contributed by atoms with van der Waals surface area (Å²) < 4.78 is 14.6. The van der Waals surface area contributed by atoms with Gasteiger partial charge in [0.1, 0.15) is 5.82 Å². The topological polar surface area (TPSA) is 43.8 Å². The van der Waals surface area contributed by atoms with Crippen molar-refractivity contribution in [2.75, 3.05) is 5.73 Å². The molecule has 0 bridgehead atoms. The average molecular weight is 205 g/mol. The molecule has 0 radical (unpaired) electrons. The lowest BCUT2D eigenvalue weighted by molar-refractivity contribution is 0.618. The van der Waals surface area contributed by atoms with E-state index in [0.29, 0.717) is 12.2 Å².